The van der Waals surface area contributed by atoms with Crippen molar-refractivity contribution in [2.75, 3.05) is 26.8 Å². The minimum atomic E-state index is -0.248. The Kier molecular flexibility index (Phi) is 6.64. The molecule has 24 heavy (non-hydrogen) atoms. The topological polar surface area (TPSA) is 76.7 Å². The molecule has 0 bridgehead atoms. The number of methoxy groups -OCH3 is 1. The Morgan fingerprint density at radius 1 is 0.917 bits per heavy atom. The van der Waals surface area contributed by atoms with E-state index in [9.17, 15) is 9.59 Å². The van der Waals surface area contributed by atoms with Gasteiger partial charge in [-0.2, -0.15) is 0 Å². The molecule has 2 aromatic carbocycles. The zero-order valence-corrected chi connectivity index (χ0v) is 13.5. The van der Waals surface area contributed by atoms with Gasteiger partial charge in [0.05, 0.1) is 12.7 Å². The average Bonchev–Trinajstić information content (AvgIpc) is 2.64. The maximum atomic E-state index is 12.1. The smallest absolute Gasteiger partial charge is 0.258 e. The molecule has 2 amide bonds. The molecule has 2 N–H and O–H groups in total. The summed E-state index contributed by atoms with van der Waals surface area (Å²) in [7, 11) is 1.51. The van der Waals surface area contributed by atoms with Crippen LogP contribution in [-0.2, 0) is 4.79 Å². The summed E-state index contributed by atoms with van der Waals surface area (Å²) in [6, 6.07) is 16.1. The number of carbonyl (C=O) groups is 2. The third kappa shape index (κ3) is 5.31. The van der Waals surface area contributed by atoms with E-state index >= 15 is 0 Å². The minimum absolute atomic E-state index is 0.0650. The molecule has 0 atom stereocenters. The van der Waals surface area contributed by atoms with Crippen molar-refractivity contribution in [2.24, 2.45) is 0 Å². The van der Waals surface area contributed by atoms with Crippen LogP contribution in [0.2, 0.25) is 0 Å². The number of hydrogen-bond donors (Lipinski definition) is 2. The van der Waals surface area contributed by atoms with Crippen molar-refractivity contribution >= 4 is 11.8 Å². The van der Waals surface area contributed by atoms with E-state index in [4.69, 9.17) is 9.47 Å². The van der Waals surface area contributed by atoms with Crippen LogP contribution in [0.3, 0.4) is 0 Å². The lowest BCUT2D eigenvalue weighted by molar-refractivity contribution is -0.123. The van der Waals surface area contributed by atoms with E-state index in [2.05, 4.69) is 10.6 Å². The summed E-state index contributed by atoms with van der Waals surface area (Å²) < 4.78 is 10.5. The second kappa shape index (κ2) is 9.19. The lowest BCUT2D eigenvalue weighted by Gasteiger charge is -2.10. The number of benzene rings is 2. The normalized spacial score (nSPS) is 9.88. The highest BCUT2D eigenvalue weighted by Crippen LogP contribution is 2.16. The van der Waals surface area contributed by atoms with Crippen molar-refractivity contribution in [1.82, 2.24) is 10.6 Å². The first-order valence-electron chi connectivity index (χ1n) is 7.56. The van der Waals surface area contributed by atoms with Crippen molar-refractivity contribution in [1.29, 1.82) is 0 Å². The maximum absolute atomic E-state index is 12.1. The number of nitrogens with one attached hydrogen (secondary N) is 2. The highest BCUT2D eigenvalue weighted by Gasteiger charge is 2.10. The Hall–Kier alpha value is -3.02. The second-order valence-corrected chi connectivity index (χ2v) is 4.91. The van der Waals surface area contributed by atoms with Gasteiger partial charge in [-0.3, -0.25) is 9.59 Å². The van der Waals surface area contributed by atoms with E-state index in [0.29, 0.717) is 30.2 Å². The molecule has 6 heteroatoms. The second-order valence-electron chi connectivity index (χ2n) is 4.91. The fraction of sp³-hybridized carbons (Fsp3) is 0.222. The first-order chi connectivity index (χ1) is 11.7. The summed E-state index contributed by atoms with van der Waals surface area (Å²) in [5.74, 6) is 0.653. The third-order valence-corrected chi connectivity index (χ3v) is 3.20. The van der Waals surface area contributed by atoms with Crippen LogP contribution >= 0.6 is 0 Å². The van der Waals surface area contributed by atoms with Crippen LogP contribution in [-0.4, -0.2) is 38.6 Å². The molecular weight excluding hydrogens is 308 g/mol. The Morgan fingerprint density at radius 2 is 1.58 bits per heavy atom. The molecule has 0 radical (unpaired) electrons. The van der Waals surface area contributed by atoms with Crippen LogP contribution in [0, 0.1) is 0 Å². The summed E-state index contributed by atoms with van der Waals surface area (Å²) in [4.78, 5) is 23.7. The van der Waals surface area contributed by atoms with Crippen LogP contribution in [0.15, 0.2) is 54.6 Å². The number of hydrogen-bond acceptors (Lipinski definition) is 4. The number of para-hydroxylation sites is 2. The van der Waals surface area contributed by atoms with E-state index in [1.54, 1.807) is 36.4 Å². The Labute approximate surface area is 140 Å². The molecule has 6 nitrogen and oxygen atoms in total. The fourth-order valence-electron chi connectivity index (χ4n) is 2.02. The van der Waals surface area contributed by atoms with E-state index in [0.717, 1.165) is 0 Å². The quantitative estimate of drug-likeness (QED) is 0.722. The predicted octanol–water partition coefficient (Wildman–Crippen LogP) is 1.62. The maximum Gasteiger partial charge on any atom is 0.258 e. The first kappa shape index (κ1) is 17.3. The van der Waals surface area contributed by atoms with Gasteiger partial charge in [0.25, 0.3) is 11.8 Å². The van der Waals surface area contributed by atoms with Gasteiger partial charge in [-0.05, 0) is 24.3 Å². The van der Waals surface area contributed by atoms with Crippen LogP contribution < -0.4 is 20.1 Å². The molecule has 0 saturated heterocycles. The van der Waals surface area contributed by atoms with Crippen molar-refractivity contribution < 1.29 is 19.1 Å². The predicted molar refractivity (Wildman–Crippen MR) is 90.3 cm³/mol. The molecule has 2 aromatic rings. The van der Waals surface area contributed by atoms with Crippen LogP contribution in [0.25, 0.3) is 0 Å². The van der Waals surface area contributed by atoms with Crippen LogP contribution in [0.4, 0.5) is 0 Å². The minimum Gasteiger partial charge on any atom is -0.496 e. The summed E-state index contributed by atoms with van der Waals surface area (Å²) in [5, 5.41) is 5.41. The lowest BCUT2D eigenvalue weighted by atomic mass is 10.2. The highest BCUT2D eigenvalue weighted by molar-refractivity contribution is 5.96. The SMILES string of the molecule is COc1ccccc1C(=O)NCCNC(=O)COc1ccccc1. The van der Waals surface area contributed by atoms with Crippen molar-refractivity contribution in [3.05, 3.63) is 60.2 Å². The Bertz CT molecular complexity index is 674. The molecular formula is C18H20N2O4. The molecule has 0 saturated carbocycles. The van der Waals surface area contributed by atoms with Gasteiger partial charge in [0, 0.05) is 13.1 Å². The van der Waals surface area contributed by atoms with Crippen LogP contribution in [0.5, 0.6) is 11.5 Å². The standard InChI is InChI=1S/C18H20N2O4/c1-23-16-10-6-5-9-15(16)18(22)20-12-11-19-17(21)13-24-14-7-3-2-4-8-14/h2-10H,11-13H2,1H3,(H,19,21)(H,20,22). The fourth-order valence-corrected chi connectivity index (χ4v) is 2.02. The van der Waals surface area contributed by atoms with E-state index in [1.165, 1.54) is 7.11 Å². The van der Waals surface area contributed by atoms with Gasteiger partial charge in [-0.25, -0.2) is 0 Å². The Balaban J connectivity index is 1.67. The van der Waals surface area contributed by atoms with Gasteiger partial charge >= 0.3 is 0 Å². The van der Waals surface area contributed by atoms with Crippen molar-refractivity contribution in [3.63, 3.8) is 0 Å². The van der Waals surface area contributed by atoms with E-state index in [-0.39, 0.29) is 18.4 Å². The number of rotatable bonds is 8. The van der Waals surface area contributed by atoms with Crippen LogP contribution in [0.1, 0.15) is 10.4 Å². The van der Waals surface area contributed by atoms with Gasteiger partial charge in [0.15, 0.2) is 6.61 Å². The molecule has 0 aliphatic carbocycles. The van der Waals surface area contributed by atoms with Gasteiger partial charge in [0.1, 0.15) is 11.5 Å². The van der Waals surface area contributed by atoms with Gasteiger partial charge in [-0.15, -0.1) is 0 Å². The lowest BCUT2D eigenvalue weighted by Crippen LogP contribution is -2.36. The summed E-state index contributed by atoms with van der Waals surface area (Å²) in [6.45, 7) is 0.566. The number of carbonyl (C=O) groups excluding carboxylic acids is 2. The molecule has 0 aliphatic rings. The molecule has 0 unspecified atom stereocenters. The zero-order valence-electron chi connectivity index (χ0n) is 13.5. The molecule has 0 fully saturated rings. The third-order valence-electron chi connectivity index (χ3n) is 3.20. The average molecular weight is 328 g/mol. The number of amides is 2. The number of ether oxygens (including phenoxy) is 2. The monoisotopic (exact) mass is 328 g/mol. The summed E-state index contributed by atoms with van der Waals surface area (Å²) >= 11 is 0. The summed E-state index contributed by atoms with van der Waals surface area (Å²) in [5.41, 5.74) is 0.457. The molecule has 0 aliphatic heterocycles. The molecule has 0 spiro atoms. The van der Waals surface area contributed by atoms with E-state index < -0.39 is 0 Å². The van der Waals surface area contributed by atoms with Crippen molar-refractivity contribution in [3.8, 4) is 11.5 Å². The largest absolute Gasteiger partial charge is 0.496 e. The van der Waals surface area contributed by atoms with Crippen molar-refractivity contribution in [2.45, 2.75) is 0 Å². The molecule has 2 rings (SSSR count). The highest BCUT2D eigenvalue weighted by atomic mass is 16.5. The molecule has 126 valence electrons. The van der Waals surface area contributed by atoms with E-state index in [1.807, 2.05) is 18.2 Å². The van der Waals surface area contributed by atoms with Gasteiger partial charge < -0.3 is 20.1 Å². The van der Waals surface area contributed by atoms with Gasteiger partial charge in [0.2, 0.25) is 0 Å². The molecule has 0 heterocycles. The molecule has 0 aromatic heterocycles. The summed E-state index contributed by atoms with van der Waals surface area (Å²) in [6.07, 6.45) is 0. The Morgan fingerprint density at radius 3 is 2.33 bits per heavy atom. The zero-order chi connectivity index (χ0) is 17.2. The first-order valence-corrected chi connectivity index (χ1v) is 7.56. The van der Waals surface area contributed by atoms with Gasteiger partial charge in [-0.1, -0.05) is 30.3 Å².